The number of nitrogens with zero attached hydrogens (tertiary/aromatic N) is 2. The molecule has 2 heterocycles. The van der Waals surface area contributed by atoms with E-state index in [0.29, 0.717) is 18.7 Å². The number of carbonyl (C=O) groups excluding carboxylic acids is 2. The summed E-state index contributed by atoms with van der Waals surface area (Å²) < 4.78 is 1.04. The highest BCUT2D eigenvalue weighted by Crippen LogP contribution is 2.18. The van der Waals surface area contributed by atoms with Crippen LogP contribution in [0.2, 0.25) is 0 Å². The number of rotatable bonds is 3. The van der Waals surface area contributed by atoms with Crippen molar-refractivity contribution in [3.63, 3.8) is 0 Å². The van der Waals surface area contributed by atoms with Crippen LogP contribution in [0.3, 0.4) is 0 Å². The van der Waals surface area contributed by atoms with Crippen molar-refractivity contribution in [1.82, 2.24) is 20.5 Å². The largest absolute Gasteiger partial charge is 0.343 e. The topological polar surface area (TPSA) is 74.3 Å². The number of hydrogen-bond acceptors (Lipinski definition) is 5. The first-order valence-corrected chi connectivity index (χ1v) is 7.72. The third kappa shape index (κ3) is 3.20. The molecule has 0 aliphatic carbocycles. The van der Waals surface area contributed by atoms with E-state index in [0.717, 1.165) is 23.3 Å². The Morgan fingerprint density at radius 3 is 2.95 bits per heavy atom. The summed E-state index contributed by atoms with van der Waals surface area (Å²) in [6.45, 7) is 3.03. The number of piperazine rings is 1. The molecule has 2 N–H and O–H groups in total. The van der Waals surface area contributed by atoms with Crippen LogP contribution in [0.1, 0.15) is 10.4 Å². The smallest absolute Gasteiger partial charge is 0.251 e. The number of amides is 2. The van der Waals surface area contributed by atoms with Crippen LogP contribution in [0, 0.1) is 0 Å². The lowest BCUT2D eigenvalue weighted by atomic mass is 10.2. The van der Waals surface area contributed by atoms with E-state index in [1.807, 2.05) is 6.07 Å². The van der Waals surface area contributed by atoms with Gasteiger partial charge >= 0.3 is 0 Å². The summed E-state index contributed by atoms with van der Waals surface area (Å²) in [6.07, 6.45) is 0. The lowest BCUT2D eigenvalue weighted by Gasteiger charge is -2.27. The molecule has 3 rings (SSSR count). The van der Waals surface area contributed by atoms with Crippen LogP contribution in [-0.2, 0) is 4.79 Å². The SMILES string of the molecule is O=C(NCC(=O)N1CCNCC1)c1ccc2scnc2c1. The van der Waals surface area contributed by atoms with Crippen LogP contribution in [0.15, 0.2) is 23.7 Å². The molecule has 7 heteroatoms. The number of aromatic nitrogens is 1. The number of nitrogens with one attached hydrogen (secondary N) is 2. The van der Waals surface area contributed by atoms with Crippen molar-refractivity contribution in [2.45, 2.75) is 0 Å². The number of carbonyl (C=O) groups is 2. The molecule has 1 aliphatic rings. The van der Waals surface area contributed by atoms with Gasteiger partial charge in [0.25, 0.3) is 5.91 Å². The van der Waals surface area contributed by atoms with Gasteiger partial charge < -0.3 is 15.5 Å². The zero-order chi connectivity index (χ0) is 14.7. The van der Waals surface area contributed by atoms with E-state index < -0.39 is 0 Å². The number of thiazole rings is 1. The summed E-state index contributed by atoms with van der Waals surface area (Å²) in [6, 6.07) is 5.38. The summed E-state index contributed by atoms with van der Waals surface area (Å²) in [7, 11) is 0. The lowest BCUT2D eigenvalue weighted by molar-refractivity contribution is -0.130. The number of benzene rings is 1. The molecule has 0 unspecified atom stereocenters. The highest BCUT2D eigenvalue weighted by Gasteiger charge is 2.17. The van der Waals surface area contributed by atoms with Gasteiger partial charge in [0.05, 0.1) is 22.3 Å². The first kappa shape index (κ1) is 14.0. The van der Waals surface area contributed by atoms with E-state index in [-0.39, 0.29) is 18.4 Å². The van der Waals surface area contributed by atoms with Crippen LogP contribution < -0.4 is 10.6 Å². The molecule has 1 aliphatic heterocycles. The molecule has 0 atom stereocenters. The van der Waals surface area contributed by atoms with Gasteiger partial charge in [0.1, 0.15) is 0 Å². The van der Waals surface area contributed by atoms with Crippen LogP contribution in [0.25, 0.3) is 10.2 Å². The molecule has 0 spiro atoms. The van der Waals surface area contributed by atoms with Crippen molar-refractivity contribution in [3.05, 3.63) is 29.3 Å². The van der Waals surface area contributed by atoms with Gasteiger partial charge in [0, 0.05) is 31.7 Å². The van der Waals surface area contributed by atoms with Gasteiger partial charge in [0.15, 0.2) is 0 Å². The summed E-state index contributed by atoms with van der Waals surface area (Å²) in [4.78, 5) is 30.0. The van der Waals surface area contributed by atoms with E-state index in [9.17, 15) is 9.59 Å². The standard InChI is InChI=1S/C14H16N4O2S/c19-13(18-5-3-15-4-6-18)8-16-14(20)10-1-2-12-11(7-10)17-9-21-12/h1-2,7,9,15H,3-6,8H2,(H,16,20). The zero-order valence-electron chi connectivity index (χ0n) is 11.5. The summed E-state index contributed by atoms with van der Waals surface area (Å²) >= 11 is 1.54. The molecule has 21 heavy (non-hydrogen) atoms. The molecule has 1 fully saturated rings. The Morgan fingerprint density at radius 1 is 1.33 bits per heavy atom. The molecule has 2 aromatic rings. The third-order valence-corrected chi connectivity index (χ3v) is 4.27. The molecular weight excluding hydrogens is 288 g/mol. The van der Waals surface area contributed by atoms with Crippen molar-refractivity contribution < 1.29 is 9.59 Å². The van der Waals surface area contributed by atoms with Crippen LogP contribution >= 0.6 is 11.3 Å². The van der Waals surface area contributed by atoms with Crippen molar-refractivity contribution in [2.75, 3.05) is 32.7 Å². The maximum Gasteiger partial charge on any atom is 0.251 e. The van der Waals surface area contributed by atoms with E-state index in [4.69, 9.17) is 0 Å². The van der Waals surface area contributed by atoms with Crippen LogP contribution in [0.5, 0.6) is 0 Å². The maximum atomic E-state index is 12.1. The average molecular weight is 304 g/mol. The Morgan fingerprint density at radius 2 is 2.14 bits per heavy atom. The van der Waals surface area contributed by atoms with Gasteiger partial charge in [0.2, 0.25) is 5.91 Å². The van der Waals surface area contributed by atoms with E-state index >= 15 is 0 Å². The molecule has 110 valence electrons. The quantitative estimate of drug-likeness (QED) is 0.864. The van der Waals surface area contributed by atoms with E-state index in [2.05, 4.69) is 15.6 Å². The molecule has 0 saturated carbocycles. The van der Waals surface area contributed by atoms with Gasteiger partial charge in [-0.2, -0.15) is 0 Å². The zero-order valence-corrected chi connectivity index (χ0v) is 12.3. The summed E-state index contributed by atoms with van der Waals surface area (Å²) in [5, 5.41) is 5.87. The highest BCUT2D eigenvalue weighted by atomic mass is 32.1. The molecule has 2 amide bonds. The van der Waals surface area contributed by atoms with Crippen molar-refractivity contribution in [1.29, 1.82) is 0 Å². The molecule has 1 saturated heterocycles. The van der Waals surface area contributed by atoms with Crippen molar-refractivity contribution in [2.24, 2.45) is 0 Å². The van der Waals surface area contributed by atoms with Gasteiger partial charge in [-0.1, -0.05) is 0 Å². The predicted molar refractivity (Wildman–Crippen MR) is 81.4 cm³/mol. The second kappa shape index (κ2) is 6.19. The molecule has 0 radical (unpaired) electrons. The Hall–Kier alpha value is -1.99. The minimum Gasteiger partial charge on any atom is -0.343 e. The summed E-state index contributed by atoms with van der Waals surface area (Å²) in [5.41, 5.74) is 3.09. The molecule has 6 nitrogen and oxygen atoms in total. The second-order valence-electron chi connectivity index (χ2n) is 4.85. The molecule has 0 bridgehead atoms. The second-order valence-corrected chi connectivity index (χ2v) is 5.73. The molecule has 1 aromatic heterocycles. The maximum absolute atomic E-state index is 12.1. The van der Waals surface area contributed by atoms with Crippen molar-refractivity contribution in [3.8, 4) is 0 Å². The Kier molecular flexibility index (Phi) is 4.12. The molecular formula is C14H16N4O2S. The fraction of sp³-hybridized carbons (Fsp3) is 0.357. The fourth-order valence-electron chi connectivity index (χ4n) is 2.28. The van der Waals surface area contributed by atoms with Crippen molar-refractivity contribution >= 4 is 33.4 Å². The first-order chi connectivity index (χ1) is 10.2. The third-order valence-electron chi connectivity index (χ3n) is 3.46. The Balaban J connectivity index is 1.59. The normalized spacial score (nSPS) is 15.1. The lowest BCUT2D eigenvalue weighted by Crippen LogP contribution is -2.49. The Bertz CT molecular complexity index is 664. The van der Waals surface area contributed by atoms with E-state index in [1.165, 1.54) is 11.3 Å². The molecule has 1 aromatic carbocycles. The monoisotopic (exact) mass is 304 g/mol. The first-order valence-electron chi connectivity index (χ1n) is 6.84. The minimum absolute atomic E-state index is 0.0357. The van der Waals surface area contributed by atoms with Gasteiger partial charge in [-0.05, 0) is 18.2 Å². The Labute approximate surface area is 126 Å². The average Bonchev–Trinajstić information content (AvgIpc) is 3.00. The summed E-state index contributed by atoms with van der Waals surface area (Å²) in [5.74, 6) is -0.284. The van der Waals surface area contributed by atoms with Gasteiger partial charge in [-0.3, -0.25) is 9.59 Å². The predicted octanol–water partition coefficient (Wildman–Crippen LogP) is 0.458. The van der Waals surface area contributed by atoms with Crippen LogP contribution in [0.4, 0.5) is 0 Å². The van der Waals surface area contributed by atoms with E-state index in [1.54, 1.807) is 22.5 Å². The number of hydrogen-bond donors (Lipinski definition) is 2. The van der Waals surface area contributed by atoms with Crippen LogP contribution in [-0.4, -0.2) is 54.4 Å². The fourth-order valence-corrected chi connectivity index (χ4v) is 2.94. The highest BCUT2D eigenvalue weighted by molar-refractivity contribution is 7.16. The number of fused-ring (bicyclic) bond motifs is 1. The van der Waals surface area contributed by atoms with Gasteiger partial charge in [-0.25, -0.2) is 4.98 Å². The minimum atomic E-state index is -0.242. The van der Waals surface area contributed by atoms with Gasteiger partial charge in [-0.15, -0.1) is 11.3 Å².